The summed E-state index contributed by atoms with van der Waals surface area (Å²) in [5.41, 5.74) is 2.65. The molecule has 0 saturated heterocycles. The molecule has 82 valence electrons. The van der Waals surface area contributed by atoms with Crippen molar-refractivity contribution in [3.63, 3.8) is 0 Å². The van der Waals surface area contributed by atoms with E-state index in [1.165, 1.54) is 11.1 Å². The van der Waals surface area contributed by atoms with Gasteiger partial charge in [-0.3, -0.25) is 0 Å². The zero-order chi connectivity index (χ0) is 10.7. The predicted octanol–water partition coefficient (Wildman–Crippen LogP) is 2.00. The third-order valence-corrected chi connectivity index (χ3v) is 3.30. The molecule has 1 aromatic rings. The number of aryl methyl sites for hydroxylation is 1. The Kier molecular flexibility index (Phi) is 3.39. The standard InChI is InChI=1S/C13H19NO/c1-10-5-2-3-6-11(10)9-14-12-7-4-8-13(12)15/h2-3,5-6,12-15H,4,7-9H2,1H3/t12-,13-/m0/s1. The van der Waals surface area contributed by atoms with Crippen LogP contribution in [0.4, 0.5) is 0 Å². The summed E-state index contributed by atoms with van der Waals surface area (Å²) in [5, 5.41) is 13.1. The van der Waals surface area contributed by atoms with Gasteiger partial charge in [0.15, 0.2) is 0 Å². The van der Waals surface area contributed by atoms with Gasteiger partial charge >= 0.3 is 0 Å². The van der Waals surface area contributed by atoms with Crippen molar-refractivity contribution in [1.82, 2.24) is 5.32 Å². The van der Waals surface area contributed by atoms with E-state index in [2.05, 4.69) is 36.5 Å². The number of hydrogen-bond donors (Lipinski definition) is 2. The molecular formula is C13H19NO. The molecule has 1 aromatic carbocycles. The molecule has 0 aliphatic heterocycles. The van der Waals surface area contributed by atoms with Gasteiger partial charge in [-0.25, -0.2) is 0 Å². The van der Waals surface area contributed by atoms with E-state index < -0.39 is 0 Å². The molecule has 0 spiro atoms. The van der Waals surface area contributed by atoms with Crippen LogP contribution in [0.5, 0.6) is 0 Å². The molecule has 1 fully saturated rings. The van der Waals surface area contributed by atoms with Gasteiger partial charge in [-0.05, 0) is 37.3 Å². The molecule has 2 rings (SSSR count). The van der Waals surface area contributed by atoms with E-state index in [1.54, 1.807) is 0 Å². The van der Waals surface area contributed by atoms with Crippen molar-refractivity contribution in [2.75, 3.05) is 0 Å². The smallest absolute Gasteiger partial charge is 0.0693 e. The highest BCUT2D eigenvalue weighted by atomic mass is 16.3. The Hall–Kier alpha value is -0.860. The molecule has 0 radical (unpaired) electrons. The maximum atomic E-state index is 9.67. The fourth-order valence-corrected chi connectivity index (χ4v) is 2.23. The van der Waals surface area contributed by atoms with Gasteiger partial charge in [0.25, 0.3) is 0 Å². The van der Waals surface area contributed by atoms with Crippen LogP contribution < -0.4 is 5.32 Å². The summed E-state index contributed by atoms with van der Waals surface area (Å²) in [5.74, 6) is 0. The minimum Gasteiger partial charge on any atom is -0.392 e. The normalized spacial score (nSPS) is 25.7. The summed E-state index contributed by atoms with van der Waals surface area (Å²) in [6.45, 7) is 3.00. The number of aliphatic hydroxyl groups excluding tert-OH is 1. The second kappa shape index (κ2) is 4.77. The molecule has 15 heavy (non-hydrogen) atoms. The third kappa shape index (κ3) is 2.58. The average Bonchev–Trinajstić information content (AvgIpc) is 2.63. The Morgan fingerprint density at radius 2 is 2.13 bits per heavy atom. The van der Waals surface area contributed by atoms with Crippen molar-refractivity contribution in [1.29, 1.82) is 0 Å². The number of benzene rings is 1. The van der Waals surface area contributed by atoms with E-state index in [1.807, 2.05) is 0 Å². The van der Waals surface area contributed by atoms with Gasteiger partial charge in [0.2, 0.25) is 0 Å². The zero-order valence-electron chi connectivity index (χ0n) is 9.24. The minimum absolute atomic E-state index is 0.144. The lowest BCUT2D eigenvalue weighted by atomic mass is 10.1. The van der Waals surface area contributed by atoms with Crippen LogP contribution in [0.3, 0.4) is 0 Å². The van der Waals surface area contributed by atoms with Gasteiger partial charge in [0, 0.05) is 12.6 Å². The monoisotopic (exact) mass is 205 g/mol. The molecule has 0 bridgehead atoms. The van der Waals surface area contributed by atoms with E-state index in [-0.39, 0.29) is 6.10 Å². The highest BCUT2D eigenvalue weighted by Gasteiger charge is 2.24. The first-order chi connectivity index (χ1) is 7.27. The van der Waals surface area contributed by atoms with Gasteiger partial charge in [-0.2, -0.15) is 0 Å². The maximum Gasteiger partial charge on any atom is 0.0693 e. The topological polar surface area (TPSA) is 32.3 Å². The zero-order valence-corrected chi connectivity index (χ0v) is 9.24. The summed E-state index contributed by atoms with van der Waals surface area (Å²) in [6, 6.07) is 8.69. The van der Waals surface area contributed by atoms with Crippen LogP contribution >= 0.6 is 0 Å². The summed E-state index contributed by atoms with van der Waals surface area (Å²) >= 11 is 0. The van der Waals surface area contributed by atoms with Gasteiger partial charge in [0.1, 0.15) is 0 Å². The summed E-state index contributed by atoms with van der Waals surface area (Å²) in [4.78, 5) is 0. The lowest BCUT2D eigenvalue weighted by molar-refractivity contribution is 0.148. The second-order valence-electron chi connectivity index (χ2n) is 4.41. The van der Waals surface area contributed by atoms with Crippen molar-refractivity contribution in [2.24, 2.45) is 0 Å². The molecule has 2 N–H and O–H groups in total. The Labute approximate surface area is 91.3 Å². The van der Waals surface area contributed by atoms with Crippen LogP contribution in [0.25, 0.3) is 0 Å². The van der Waals surface area contributed by atoms with Crippen LogP contribution in [-0.4, -0.2) is 17.3 Å². The lowest BCUT2D eigenvalue weighted by Gasteiger charge is -2.17. The second-order valence-corrected chi connectivity index (χ2v) is 4.41. The highest BCUT2D eigenvalue weighted by Crippen LogP contribution is 2.19. The number of hydrogen-bond acceptors (Lipinski definition) is 2. The van der Waals surface area contributed by atoms with Gasteiger partial charge in [-0.15, -0.1) is 0 Å². The number of rotatable bonds is 3. The van der Waals surface area contributed by atoms with Gasteiger partial charge < -0.3 is 10.4 Å². The molecule has 1 aliphatic rings. The van der Waals surface area contributed by atoms with E-state index in [0.29, 0.717) is 6.04 Å². The SMILES string of the molecule is Cc1ccccc1CN[C@H]1CCC[C@@H]1O. The first-order valence-electron chi connectivity index (χ1n) is 5.73. The van der Waals surface area contributed by atoms with Crippen molar-refractivity contribution < 1.29 is 5.11 Å². The van der Waals surface area contributed by atoms with Crippen LogP contribution in [-0.2, 0) is 6.54 Å². The lowest BCUT2D eigenvalue weighted by Crippen LogP contribution is -2.35. The van der Waals surface area contributed by atoms with Crippen LogP contribution in [0.15, 0.2) is 24.3 Å². The minimum atomic E-state index is -0.144. The largest absolute Gasteiger partial charge is 0.392 e. The van der Waals surface area contributed by atoms with Crippen molar-refractivity contribution in [3.8, 4) is 0 Å². The van der Waals surface area contributed by atoms with E-state index in [0.717, 1.165) is 25.8 Å². The molecule has 0 unspecified atom stereocenters. The molecule has 0 amide bonds. The molecule has 0 heterocycles. The summed E-state index contributed by atoms with van der Waals surface area (Å²) in [6.07, 6.45) is 3.06. The van der Waals surface area contributed by atoms with Crippen LogP contribution in [0.1, 0.15) is 30.4 Å². The Morgan fingerprint density at radius 3 is 2.80 bits per heavy atom. The average molecular weight is 205 g/mol. The van der Waals surface area contributed by atoms with Crippen molar-refractivity contribution in [2.45, 2.75) is 44.9 Å². The van der Waals surface area contributed by atoms with Gasteiger partial charge in [0.05, 0.1) is 6.10 Å². The fraction of sp³-hybridized carbons (Fsp3) is 0.538. The van der Waals surface area contributed by atoms with E-state index >= 15 is 0 Å². The Morgan fingerprint density at radius 1 is 1.33 bits per heavy atom. The van der Waals surface area contributed by atoms with E-state index in [4.69, 9.17) is 0 Å². The van der Waals surface area contributed by atoms with Gasteiger partial charge in [-0.1, -0.05) is 24.3 Å². The molecule has 2 atom stereocenters. The van der Waals surface area contributed by atoms with Crippen LogP contribution in [0, 0.1) is 6.92 Å². The fourth-order valence-electron chi connectivity index (χ4n) is 2.23. The molecule has 0 aromatic heterocycles. The first-order valence-corrected chi connectivity index (χ1v) is 5.73. The third-order valence-electron chi connectivity index (χ3n) is 3.30. The number of aliphatic hydroxyl groups is 1. The predicted molar refractivity (Wildman–Crippen MR) is 61.7 cm³/mol. The summed E-state index contributed by atoms with van der Waals surface area (Å²) in [7, 11) is 0. The maximum absolute atomic E-state index is 9.67. The van der Waals surface area contributed by atoms with Crippen molar-refractivity contribution in [3.05, 3.63) is 35.4 Å². The Balaban J connectivity index is 1.90. The molecular weight excluding hydrogens is 186 g/mol. The summed E-state index contributed by atoms with van der Waals surface area (Å²) < 4.78 is 0. The quantitative estimate of drug-likeness (QED) is 0.791. The number of nitrogens with one attached hydrogen (secondary N) is 1. The van der Waals surface area contributed by atoms with E-state index in [9.17, 15) is 5.11 Å². The first kappa shape index (κ1) is 10.7. The van der Waals surface area contributed by atoms with Crippen molar-refractivity contribution >= 4 is 0 Å². The molecule has 2 nitrogen and oxygen atoms in total. The molecule has 1 saturated carbocycles. The van der Waals surface area contributed by atoms with Crippen LogP contribution in [0.2, 0.25) is 0 Å². The Bertz CT molecular complexity index is 324. The molecule has 1 aliphatic carbocycles. The molecule has 2 heteroatoms. The highest BCUT2D eigenvalue weighted by molar-refractivity contribution is 5.25.